The lowest BCUT2D eigenvalue weighted by atomic mass is 10.0. The number of nitrogens with one attached hydrogen (secondary N) is 1. The first kappa shape index (κ1) is 21.9. The number of phenolic OH excluding ortho intramolecular Hbond substituents is 1. The first-order valence-electron chi connectivity index (χ1n) is 10.4. The minimum Gasteiger partial charge on any atom is -0.508 e. The van der Waals surface area contributed by atoms with Crippen LogP contribution in [0, 0.1) is 0 Å². The van der Waals surface area contributed by atoms with Gasteiger partial charge >= 0.3 is 5.97 Å². The van der Waals surface area contributed by atoms with Crippen LogP contribution in [-0.2, 0) is 4.74 Å². The van der Waals surface area contributed by atoms with Crippen molar-refractivity contribution in [2.24, 2.45) is 0 Å². The van der Waals surface area contributed by atoms with E-state index in [1.54, 1.807) is 31.2 Å². The van der Waals surface area contributed by atoms with Crippen LogP contribution in [0.1, 0.15) is 30.1 Å². The normalized spacial score (nSPS) is 15.6. The summed E-state index contributed by atoms with van der Waals surface area (Å²) in [6.07, 6.45) is 1.35. The van der Waals surface area contributed by atoms with Gasteiger partial charge in [-0.2, -0.15) is 0 Å². The third kappa shape index (κ3) is 6.37. The smallest absolute Gasteiger partial charge is 0.338 e. The molecule has 0 spiro atoms. The highest BCUT2D eigenvalue weighted by atomic mass is 16.5. The minimum absolute atomic E-state index is 0.186. The number of piperidine rings is 1. The number of phenols is 1. The van der Waals surface area contributed by atoms with Crippen molar-refractivity contribution in [2.75, 3.05) is 37.7 Å². The number of esters is 1. The van der Waals surface area contributed by atoms with Gasteiger partial charge in [-0.3, -0.25) is 0 Å². The van der Waals surface area contributed by atoms with Crippen molar-refractivity contribution in [2.45, 2.75) is 31.9 Å². The SMILES string of the molecule is CCOC(=O)c1ccc(N2CCC(NCC(O)COc3ccc(O)cc3)CC2)cc1. The largest absolute Gasteiger partial charge is 0.508 e. The molecule has 1 unspecified atom stereocenters. The number of hydrogen-bond acceptors (Lipinski definition) is 7. The summed E-state index contributed by atoms with van der Waals surface area (Å²) in [6, 6.07) is 14.3. The number of aromatic hydroxyl groups is 1. The van der Waals surface area contributed by atoms with Gasteiger partial charge in [-0.15, -0.1) is 0 Å². The van der Waals surface area contributed by atoms with E-state index in [1.807, 2.05) is 24.3 Å². The fraction of sp³-hybridized carbons (Fsp3) is 0.435. The van der Waals surface area contributed by atoms with E-state index >= 15 is 0 Å². The zero-order valence-electron chi connectivity index (χ0n) is 17.3. The van der Waals surface area contributed by atoms with E-state index in [2.05, 4.69) is 10.2 Å². The van der Waals surface area contributed by atoms with Crippen molar-refractivity contribution in [3.63, 3.8) is 0 Å². The molecule has 1 saturated heterocycles. The van der Waals surface area contributed by atoms with E-state index in [0.717, 1.165) is 31.6 Å². The fourth-order valence-electron chi connectivity index (χ4n) is 3.46. The topological polar surface area (TPSA) is 91.3 Å². The molecule has 1 aliphatic rings. The molecule has 0 aromatic heterocycles. The van der Waals surface area contributed by atoms with Crippen molar-refractivity contribution < 1.29 is 24.5 Å². The van der Waals surface area contributed by atoms with E-state index < -0.39 is 6.10 Å². The minimum atomic E-state index is -0.604. The van der Waals surface area contributed by atoms with Gasteiger partial charge in [-0.05, 0) is 68.3 Å². The maximum absolute atomic E-state index is 11.8. The highest BCUT2D eigenvalue weighted by Crippen LogP contribution is 2.21. The number of benzene rings is 2. The van der Waals surface area contributed by atoms with Gasteiger partial charge in [0.15, 0.2) is 0 Å². The monoisotopic (exact) mass is 414 g/mol. The van der Waals surface area contributed by atoms with Gasteiger partial charge in [0, 0.05) is 31.4 Å². The van der Waals surface area contributed by atoms with Crippen LogP contribution in [0.2, 0.25) is 0 Å². The third-order valence-electron chi connectivity index (χ3n) is 5.16. The van der Waals surface area contributed by atoms with Gasteiger partial charge in [0.2, 0.25) is 0 Å². The Morgan fingerprint density at radius 2 is 1.80 bits per heavy atom. The van der Waals surface area contributed by atoms with Crippen molar-refractivity contribution in [3.05, 3.63) is 54.1 Å². The van der Waals surface area contributed by atoms with E-state index in [0.29, 0.717) is 30.5 Å². The molecule has 0 radical (unpaired) electrons. The van der Waals surface area contributed by atoms with E-state index in [-0.39, 0.29) is 18.3 Å². The number of aliphatic hydroxyl groups excluding tert-OH is 1. The highest BCUT2D eigenvalue weighted by molar-refractivity contribution is 5.89. The summed E-state index contributed by atoms with van der Waals surface area (Å²) in [5.41, 5.74) is 1.67. The number of hydrogen-bond donors (Lipinski definition) is 3. The van der Waals surface area contributed by atoms with Gasteiger partial charge < -0.3 is 29.9 Å². The predicted octanol–water partition coefficient (Wildman–Crippen LogP) is 2.57. The van der Waals surface area contributed by atoms with Crippen LogP contribution in [0.3, 0.4) is 0 Å². The Morgan fingerprint density at radius 1 is 1.13 bits per heavy atom. The molecule has 0 amide bonds. The van der Waals surface area contributed by atoms with Crippen LogP contribution in [0.25, 0.3) is 0 Å². The second-order valence-electron chi connectivity index (χ2n) is 7.40. The zero-order chi connectivity index (χ0) is 21.3. The number of carbonyl (C=O) groups excluding carboxylic acids is 1. The number of nitrogens with zero attached hydrogens (tertiary/aromatic N) is 1. The zero-order valence-corrected chi connectivity index (χ0v) is 17.3. The molecular weight excluding hydrogens is 384 g/mol. The van der Waals surface area contributed by atoms with Gasteiger partial charge in [-0.25, -0.2) is 4.79 Å². The average molecular weight is 415 g/mol. The van der Waals surface area contributed by atoms with Crippen molar-refractivity contribution in [1.29, 1.82) is 0 Å². The molecule has 7 nitrogen and oxygen atoms in total. The van der Waals surface area contributed by atoms with Crippen LogP contribution < -0.4 is 15.0 Å². The molecule has 2 aromatic rings. The Labute approximate surface area is 177 Å². The molecule has 0 bridgehead atoms. The maximum atomic E-state index is 11.8. The molecule has 30 heavy (non-hydrogen) atoms. The first-order valence-corrected chi connectivity index (χ1v) is 10.4. The number of carbonyl (C=O) groups is 1. The van der Waals surface area contributed by atoms with Crippen molar-refractivity contribution in [3.8, 4) is 11.5 Å². The van der Waals surface area contributed by atoms with Crippen LogP contribution in [-0.4, -0.2) is 61.2 Å². The fourth-order valence-corrected chi connectivity index (χ4v) is 3.46. The standard InChI is InChI=1S/C23H30N2O5/c1-2-29-23(28)17-3-5-19(6-4-17)25-13-11-18(12-14-25)24-15-21(27)16-30-22-9-7-20(26)8-10-22/h3-10,18,21,24,26-27H,2,11-16H2,1H3. The Hall–Kier alpha value is -2.77. The second kappa shape index (κ2) is 10.8. The Kier molecular flexibility index (Phi) is 7.93. The lowest BCUT2D eigenvalue weighted by Gasteiger charge is -2.34. The molecule has 1 heterocycles. The van der Waals surface area contributed by atoms with E-state index in [1.165, 1.54) is 0 Å². The molecule has 0 aliphatic carbocycles. The van der Waals surface area contributed by atoms with Crippen LogP contribution >= 0.6 is 0 Å². The Bertz CT molecular complexity index is 786. The van der Waals surface area contributed by atoms with Crippen LogP contribution in [0.4, 0.5) is 5.69 Å². The summed E-state index contributed by atoms with van der Waals surface area (Å²) in [7, 11) is 0. The molecule has 162 valence electrons. The average Bonchev–Trinajstić information content (AvgIpc) is 2.78. The number of ether oxygens (including phenoxy) is 2. The van der Waals surface area contributed by atoms with Crippen LogP contribution in [0.5, 0.6) is 11.5 Å². The third-order valence-corrected chi connectivity index (χ3v) is 5.16. The summed E-state index contributed by atoms with van der Waals surface area (Å²) in [5.74, 6) is 0.514. The van der Waals surface area contributed by atoms with E-state index in [4.69, 9.17) is 9.47 Å². The summed E-state index contributed by atoms with van der Waals surface area (Å²) in [5, 5.41) is 22.8. The van der Waals surface area contributed by atoms with Crippen LogP contribution in [0.15, 0.2) is 48.5 Å². The molecule has 3 rings (SSSR count). The molecule has 1 aliphatic heterocycles. The van der Waals surface area contributed by atoms with Gasteiger partial charge in [-0.1, -0.05) is 0 Å². The van der Waals surface area contributed by atoms with E-state index in [9.17, 15) is 15.0 Å². The molecule has 1 atom stereocenters. The van der Waals surface area contributed by atoms with Crippen molar-refractivity contribution in [1.82, 2.24) is 5.32 Å². The molecular formula is C23H30N2O5. The number of rotatable bonds is 9. The lowest BCUT2D eigenvalue weighted by molar-refractivity contribution is 0.0526. The molecule has 7 heteroatoms. The highest BCUT2D eigenvalue weighted by Gasteiger charge is 2.20. The maximum Gasteiger partial charge on any atom is 0.338 e. The lowest BCUT2D eigenvalue weighted by Crippen LogP contribution is -2.45. The Balaban J connectivity index is 1.37. The second-order valence-corrected chi connectivity index (χ2v) is 7.40. The quantitative estimate of drug-likeness (QED) is 0.543. The number of aliphatic hydroxyl groups is 1. The summed E-state index contributed by atoms with van der Waals surface area (Å²) in [6.45, 7) is 4.67. The van der Waals surface area contributed by atoms with Gasteiger partial charge in [0.25, 0.3) is 0 Å². The van der Waals surface area contributed by atoms with Crippen molar-refractivity contribution >= 4 is 11.7 Å². The molecule has 3 N–H and O–H groups in total. The molecule has 2 aromatic carbocycles. The summed E-state index contributed by atoms with van der Waals surface area (Å²) in [4.78, 5) is 14.1. The molecule has 0 saturated carbocycles. The first-order chi connectivity index (χ1) is 14.5. The predicted molar refractivity (Wildman–Crippen MR) is 115 cm³/mol. The summed E-state index contributed by atoms with van der Waals surface area (Å²) < 4.78 is 10.6. The Morgan fingerprint density at radius 3 is 2.43 bits per heavy atom. The molecule has 1 fully saturated rings. The summed E-state index contributed by atoms with van der Waals surface area (Å²) >= 11 is 0. The van der Waals surface area contributed by atoms with Gasteiger partial charge in [0.05, 0.1) is 12.2 Å². The number of anilines is 1. The van der Waals surface area contributed by atoms with Gasteiger partial charge in [0.1, 0.15) is 24.2 Å².